The van der Waals surface area contributed by atoms with Gasteiger partial charge in [0.05, 0.1) is 7.11 Å². The van der Waals surface area contributed by atoms with Gasteiger partial charge in [0.1, 0.15) is 6.04 Å². The van der Waals surface area contributed by atoms with Gasteiger partial charge in [-0.1, -0.05) is 39.0 Å². The molecule has 0 aliphatic heterocycles. The molecule has 0 radical (unpaired) electrons. The third-order valence-electron chi connectivity index (χ3n) is 3.14. The van der Waals surface area contributed by atoms with E-state index in [1.54, 1.807) is 6.07 Å². The van der Waals surface area contributed by atoms with Crippen LogP contribution in [0.2, 0.25) is 0 Å². The monoisotopic (exact) mass is 277 g/mol. The summed E-state index contributed by atoms with van der Waals surface area (Å²) in [7, 11) is 1.34. The van der Waals surface area contributed by atoms with Crippen LogP contribution in [0.4, 0.5) is 0 Å². The molecule has 0 spiro atoms. The Morgan fingerprint density at radius 1 is 1.25 bits per heavy atom. The predicted octanol–water partition coefficient (Wildman–Crippen LogP) is 2.57. The number of nitrogens with one attached hydrogen (secondary N) is 1. The van der Waals surface area contributed by atoms with Gasteiger partial charge in [-0.25, -0.2) is 4.79 Å². The summed E-state index contributed by atoms with van der Waals surface area (Å²) in [5.41, 5.74) is 1.59. The number of rotatable bonds is 6. The number of ether oxygens (including phenoxy) is 1. The average molecular weight is 277 g/mol. The SMILES string of the molecule is CCc1ccccc1C(=O)NC(CC(C)C)C(=O)OC. The summed E-state index contributed by atoms with van der Waals surface area (Å²) in [6.45, 7) is 6.00. The van der Waals surface area contributed by atoms with E-state index < -0.39 is 12.0 Å². The zero-order chi connectivity index (χ0) is 15.1. The number of hydrogen-bond donors (Lipinski definition) is 1. The van der Waals surface area contributed by atoms with E-state index >= 15 is 0 Å². The fourth-order valence-electron chi connectivity index (χ4n) is 2.11. The Labute approximate surface area is 120 Å². The lowest BCUT2D eigenvalue weighted by molar-refractivity contribution is -0.143. The first-order valence-electron chi connectivity index (χ1n) is 6.96. The lowest BCUT2D eigenvalue weighted by Crippen LogP contribution is -2.42. The second kappa shape index (κ2) is 7.68. The standard InChI is InChI=1S/C16H23NO3/c1-5-12-8-6-7-9-13(12)15(18)17-14(10-11(2)3)16(19)20-4/h6-9,11,14H,5,10H2,1-4H3,(H,17,18). The third kappa shape index (κ3) is 4.37. The van der Waals surface area contributed by atoms with Crippen LogP contribution in [0.5, 0.6) is 0 Å². The van der Waals surface area contributed by atoms with Gasteiger partial charge >= 0.3 is 5.97 Å². The number of carbonyl (C=O) groups excluding carboxylic acids is 2. The maximum Gasteiger partial charge on any atom is 0.328 e. The fourth-order valence-corrected chi connectivity index (χ4v) is 2.11. The molecule has 0 bridgehead atoms. The Balaban J connectivity index is 2.87. The molecule has 110 valence electrons. The Morgan fingerprint density at radius 2 is 1.90 bits per heavy atom. The Morgan fingerprint density at radius 3 is 2.45 bits per heavy atom. The van der Waals surface area contributed by atoms with Gasteiger partial charge in [-0.15, -0.1) is 0 Å². The maximum atomic E-state index is 12.3. The highest BCUT2D eigenvalue weighted by Crippen LogP contribution is 2.12. The minimum absolute atomic E-state index is 0.224. The quantitative estimate of drug-likeness (QED) is 0.813. The minimum Gasteiger partial charge on any atom is -0.467 e. The number of hydrogen-bond acceptors (Lipinski definition) is 3. The Kier molecular flexibility index (Phi) is 6.22. The first-order valence-corrected chi connectivity index (χ1v) is 6.96. The lowest BCUT2D eigenvalue weighted by Gasteiger charge is -2.19. The van der Waals surface area contributed by atoms with Crippen molar-refractivity contribution in [2.75, 3.05) is 7.11 Å². The van der Waals surface area contributed by atoms with Crippen molar-refractivity contribution in [3.05, 3.63) is 35.4 Å². The molecule has 0 saturated carbocycles. The second-order valence-corrected chi connectivity index (χ2v) is 5.19. The van der Waals surface area contributed by atoms with Gasteiger partial charge in [-0.3, -0.25) is 4.79 Å². The molecule has 0 aliphatic rings. The summed E-state index contributed by atoms with van der Waals surface area (Å²) in [4.78, 5) is 24.0. The fraction of sp³-hybridized carbons (Fsp3) is 0.500. The van der Waals surface area contributed by atoms with Crippen molar-refractivity contribution < 1.29 is 14.3 Å². The number of benzene rings is 1. The van der Waals surface area contributed by atoms with Gasteiger partial charge < -0.3 is 10.1 Å². The molecule has 1 atom stereocenters. The highest BCUT2D eigenvalue weighted by molar-refractivity contribution is 5.98. The van der Waals surface area contributed by atoms with Gasteiger partial charge in [-0.2, -0.15) is 0 Å². The summed E-state index contributed by atoms with van der Waals surface area (Å²) in [6.07, 6.45) is 1.34. The van der Waals surface area contributed by atoms with Crippen molar-refractivity contribution in [2.45, 2.75) is 39.7 Å². The summed E-state index contributed by atoms with van der Waals surface area (Å²) in [5, 5.41) is 2.78. The van der Waals surface area contributed by atoms with Crippen LogP contribution in [0, 0.1) is 5.92 Å². The van der Waals surface area contributed by atoms with E-state index in [4.69, 9.17) is 4.74 Å². The molecule has 1 rings (SSSR count). The molecule has 0 saturated heterocycles. The largest absolute Gasteiger partial charge is 0.467 e. The molecule has 20 heavy (non-hydrogen) atoms. The Hall–Kier alpha value is -1.84. The van der Waals surface area contributed by atoms with Crippen molar-refractivity contribution in [3.8, 4) is 0 Å². The van der Waals surface area contributed by atoms with Crippen LogP contribution in [-0.2, 0) is 16.0 Å². The van der Waals surface area contributed by atoms with Gasteiger partial charge in [0.2, 0.25) is 0 Å². The van der Waals surface area contributed by atoms with Gasteiger partial charge in [0, 0.05) is 5.56 Å². The van der Waals surface area contributed by atoms with E-state index in [9.17, 15) is 9.59 Å². The van der Waals surface area contributed by atoms with Crippen LogP contribution in [0.3, 0.4) is 0 Å². The number of amides is 1. The van der Waals surface area contributed by atoms with E-state index in [-0.39, 0.29) is 5.91 Å². The minimum atomic E-state index is -0.600. The molecule has 1 N–H and O–H groups in total. The normalized spacial score (nSPS) is 12.1. The topological polar surface area (TPSA) is 55.4 Å². The number of esters is 1. The maximum absolute atomic E-state index is 12.3. The second-order valence-electron chi connectivity index (χ2n) is 5.19. The molecule has 0 heterocycles. The highest BCUT2D eigenvalue weighted by Gasteiger charge is 2.23. The van der Waals surface area contributed by atoms with Gasteiger partial charge in [0.15, 0.2) is 0 Å². The highest BCUT2D eigenvalue weighted by atomic mass is 16.5. The van der Waals surface area contributed by atoms with E-state index in [0.717, 1.165) is 12.0 Å². The van der Waals surface area contributed by atoms with Crippen LogP contribution < -0.4 is 5.32 Å². The molecule has 0 aliphatic carbocycles. The molecule has 1 unspecified atom stereocenters. The van der Waals surface area contributed by atoms with E-state index in [2.05, 4.69) is 5.32 Å². The van der Waals surface area contributed by atoms with Crippen LogP contribution in [0.1, 0.15) is 43.1 Å². The molecule has 1 aromatic rings. The molecular weight excluding hydrogens is 254 g/mol. The van der Waals surface area contributed by atoms with E-state index in [1.807, 2.05) is 39.0 Å². The molecule has 1 amide bonds. The first kappa shape index (κ1) is 16.2. The number of aryl methyl sites for hydroxylation is 1. The summed E-state index contributed by atoms with van der Waals surface area (Å²) < 4.78 is 4.75. The third-order valence-corrected chi connectivity index (χ3v) is 3.14. The van der Waals surface area contributed by atoms with Crippen LogP contribution >= 0.6 is 0 Å². The molecule has 0 fully saturated rings. The average Bonchev–Trinajstić information content (AvgIpc) is 2.45. The zero-order valence-corrected chi connectivity index (χ0v) is 12.6. The molecule has 4 nitrogen and oxygen atoms in total. The van der Waals surface area contributed by atoms with Crippen molar-refractivity contribution >= 4 is 11.9 Å². The molecule has 4 heteroatoms. The summed E-state index contributed by atoms with van der Waals surface area (Å²) >= 11 is 0. The molecule has 0 aromatic heterocycles. The van der Waals surface area contributed by atoms with Crippen LogP contribution in [-0.4, -0.2) is 25.0 Å². The van der Waals surface area contributed by atoms with Crippen molar-refractivity contribution in [1.82, 2.24) is 5.32 Å². The molecule has 1 aromatic carbocycles. The summed E-state index contributed by atoms with van der Waals surface area (Å²) in [6, 6.07) is 6.82. The van der Waals surface area contributed by atoms with Gasteiger partial charge in [0.25, 0.3) is 5.91 Å². The van der Waals surface area contributed by atoms with Crippen molar-refractivity contribution in [1.29, 1.82) is 0 Å². The van der Waals surface area contributed by atoms with Crippen LogP contribution in [0.15, 0.2) is 24.3 Å². The predicted molar refractivity (Wildman–Crippen MR) is 78.5 cm³/mol. The zero-order valence-electron chi connectivity index (χ0n) is 12.6. The van der Waals surface area contributed by atoms with Crippen molar-refractivity contribution in [2.24, 2.45) is 5.92 Å². The Bertz CT molecular complexity index is 469. The lowest BCUT2D eigenvalue weighted by atomic mass is 10.0. The molecular formula is C16H23NO3. The first-order chi connectivity index (χ1) is 9.49. The number of methoxy groups -OCH3 is 1. The van der Waals surface area contributed by atoms with Gasteiger partial charge in [-0.05, 0) is 30.4 Å². The van der Waals surface area contributed by atoms with Crippen molar-refractivity contribution in [3.63, 3.8) is 0 Å². The van der Waals surface area contributed by atoms with Crippen LogP contribution in [0.25, 0.3) is 0 Å². The smallest absolute Gasteiger partial charge is 0.328 e. The number of carbonyl (C=O) groups is 2. The van der Waals surface area contributed by atoms with E-state index in [1.165, 1.54) is 7.11 Å². The summed E-state index contributed by atoms with van der Waals surface area (Å²) in [5.74, 6) is -0.333. The van der Waals surface area contributed by atoms with E-state index in [0.29, 0.717) is 17.9 Å².